The van der Waals surface area contributed by atoms with Gasteiger partial charge in [-0.15, -0.1) is 0 Å². The minimum absolute atomic E-state index is 0.0760. The van der Waals surface area contributed by atoms with Crippen LogP contribution < -0.4 is 5.32 Å². The highest BCUT2D eigenvalue weighted by atomic mass is 35.5. The van der Waals surface area contributed by atoms with Crippen molar-refractivity contribution in [3.8, 4) is 16.8 Å². The first-order valence-corrected chi connectivity index (χ1v) is 16.7. The number of ether oxygens (including phenoxy) is 1. The normalized spacial score (nSPS) is 20.1. The predicted molar refractivity (Wildman–Crippen MR) is 181 cm³/mol. The molecule has 3 heterocycles. The number of hydrogen-bond acceptors (Lipinski definition) is 7. The van der Waals surface area contributed by atoms with Crippen LogP contribution in [0.4, 0.5) is 4.79 Å². The molecule has 2 amide bonds. The summed E-state index contributed by atoms with van der Waals surface area (Å²) in [5, 5.41) is 21.7. The molecule has 3 aliphatic rings. The molecule has 0 bridgehead atoms. The van der Waals surface area contributed by atoms with Crippen LogP contribution in [0.5, 0.6) is 0 Å². The second-order valence-corrected chi connectivity index (χ2v) is 14.7. The van der Waals surface area contributed by atoms with Gasteiger partial charge in [0.25, 0.3) is 5.91 Å². The van der Waals surface area contributed by atoms with Crippen LogP contribution in [-0.2, 0) is 15.1 Å². The van der Waals surface area contributed by atoms with Crippen molar-refractivity contribution < 1.29 is 14.3 Å². The molecule has 2 aromatic carbocycles. The third-order valence-electron chi connectivity index (χ3n) is 9.27. The van der Waals surface area contributed by atoms with Crippen molar-refractivity contribution >= 4 is 29.6 Å². The van der Waals surface area contributed by atoms with Gasteiger partial charge in [0.15, 0.2) is 5.96 Å². The van der Waals surface area contributed by atoms with Crippen LogP contribution in [0.2, 0.25) is 5.02 Å². The lowest BCUT2D eigenvalue weighted by Gasteiger charge is -2.35. The molecule has 1 aliphatic heterocycles. The molecule has 0 unspecified atom stereocenters. The number of carbonyl (C=O) groups is 2. The predicted octanol–water partition coefficient (Wildman–Crippen LogP) is 6.09. The Morgan fingerprint density at radius 2 is 1.88 bits per heavy atom. The van der Waals surface area contributed by atoms with Crippen molar-refractivity contribution in [1.29, 1.82) is 5.41 Å². The van der Waals surface area contributed by atoms with Gasteiger partial charge >= 0.3 is 6.09 Å². The minimum atomic E-state index is -1.24. The second kappa shape index (κ2) is 12.1. The van der Waals surface area contributed by atoms with E-state index in [9.17, 15) is 15.0 Å². The van der Waals surface area contributed by atoms with Gasteiger partial charge in [0.05, 0.1) is 29.0 Å². The number of nitrogens with zero attached hydrogens (tertiary/aromatic N) is 7. The summed E-state index contributed by atoms with van der Waals surface area (Å²) in [4.78, 5) is 35.1. The maximum atomic E-state index is 15.0. The van der Waals surface area contributed by atoms with E-state index in [2.05, 4.69) is 47.5 Å². The van der Waals surface area contributed by atoms with Crippen LogP contribution in [0.25, 0.3) is 16.8 Å². The largest absolute Gasteiger partial charge is 0.447 e. The summed E-state index contributed by atoms with van der Waals surface area (Å²) in [5.74, 6) is -0.376. The second-order valence-electron chi connectivity index (χ2n) is 14.3. The summed E-state index contributed by atoms with van der Waals surface area (Å²) in [6.45, 7) is 6.06. The van der Waals surface area contributed by atoms with Crippen LogP contribution in [0.1, 0.15) is 76.1 Å². The van der Waals surface area contributed by atoms with Crippen LogP contribution in [0.15, 0.2) is 67.5 Å². The lowest BCUT2D eigenvalue weighted by atomic mass is 9.75. The van der Waals surface area contributed by atoms with E-state index in [1.54, 1.807) is 30.1 Å². The first kappa shape index (κ1) is 31.9. The van der Waals surface area contributed by atoms with E-state index < -0.39 is 17.7 Å². The molecule has 2 aliphatic carbocycles. The number of nitrogens with one attached hydrogen (secondary N) is 2. The number of guanidine groups is 1. The van der Waals surface area contributed by atoms with Crippen LogP contribution in [0, 0.1) is 10.8 Å². The molecule has 0 radical (unpaired) electrons. The summed E-state index contributed by atoms with van der Waals surface area (Å²) < 4.78 is 9.40. The lowest BCUT2D eigenvalue weighted by molar-refractivity contribution is -0.135. The number of amides is 2. The van der Waals surface area contributed by atoms with E-state index in [1.807, 2.05) is 35.1 Å². The highest BCUT2D eigenvalue weighted by molar-refractivity contribution is 6.32. The smallest absolute Gasteiger partial charge is 0.409 e. The van der Waals surface area contributed by atoms with E-state index in [0.717, 1.165) is 42.4 Å². The van der Waals surface area contributed by atoms with E-state index in [-0.39, 0.29) is 29.9 Å². The summed E-state index contributed by atoms with van der Waals surface area (Å²) in [6, 6.07) is 13.0. The van der Waals surface area contributed by atoms with E-state index in [4.69, 9.17) is 16.3 Å². The molecule has 0 spiro atoms. The molecule has 250 valence electrons. The summed E-state index contributed by atoms with van der Waals surface area (Å²) in [7, 11) is 1.72. The van der Waals surface area contributed by atoms with E-state index >= 15 is 0 Å². The third kappa shape index (κ3) is 6.16. The number of benzene rings is 2. The van der Waals surface area contributed by atoms with Gasteiger partial charge in [0, 0.05) is 24.8 Å². The first-order chi connectivity index (χ1) is 22.9. The van der Waals surface area contributed by atoms with Gasteiger partial charge in [-0.25, -0.2) is 14.5 Å². The number of carbonyl (C=O) groups excluding carboxylic acids is 2. The molecule has 3 fully saturated rings. The van der Waals surface area contributed by atoms with Gasteiger partial charge in [-0.2, -0.15) is 10.2 Å². The number of aromatic nitrogens is 5. The molecule has 48 heavy (non-hydrogen) atoms. The standard InChI is InChI=1S/C35H40ClN9O3/c1-34(2,3)19-35(25-8-5-22(6-9-25)24-16-39-43(17-24)27-12-13-27)31(46)45(32(37)41-35)30(18-48-33(47)42(4)26-10-11-26)23-7-14-28(36)29(15-23)44-21-38-20-40-44/h5-9,14-17,20-21,26-27,30H,10-13,18-19H2,1-4H3,(H2,37,41)/t30-,35-/m1/s1. The Labute approximate surface area is 284 Å². The van der Waals surface area contributed by atoms with Gasteiger partial charge in [0.1, 0.15) is 24.8 Å². The highest BCUT2D eigenvalue weighted by Gasteiger charge is 2.54. The van der Waals surface area contributed by atoms with Crippen molar-refractivity contribution in [2.45, 2.75) is 76.5 Å². The molecule has 7 rings (SSSR count). The van der Waals surface area contributed by atoms with Gasteiger partial charge in [0.2, 0.25) is 0 Å². The molecule has 2 atom stereocenters. The molecule has 12 nitrogen and oxygen atoms in total. The lowest BCUT2D eigenvalue weighted by Crippen LogP contribution is -2.47. The zero-order chi connectivity index (χ0) is 33.8. The average molecular weight is 670 g/mol. The highest BCUT2D eigenvalue weighted by Crippen LogP contribution is 2.43. The Balaban J connectivity index is 1.25. The minimum Gasteiger partial charge on any atom is -0.447 e. The monoisotopic (exact) mass is 669 g/mol. The number of halogens is 1. The van der Waals surface area contributed by atoms with Crippen molar-refractivity contribution in [2.75, 3.05) is 13.7 Å². The maximum Gasteiger partial charge on any atom is 0.409 e. The molecular formula is C35H40ClN9O3. The summed E-state index contributed by atoms with van der Waals surface area (Å²) >= 11 is 6.57. The first-order valence-electron chi connectivity index (χ1n) is 16.3. The van der Waals surface area contributed by atoms with Gasteiger partial charge in [-0.05, 0) is 66.3 Å². The third-order valence-corrected chi connectivity index (χ3v) is 9.58. The fraction of sp³-hybridized carbons (Fsp3) is 0.429. The van der Waals surface area contributed by atoms with Crippen LogP contribution in [0.3, 0.4) is 0 Å². The zero-order valence-electron chi connectivity index (χ0n) is 27.6. The van der Waals surface area contributed by atoms with E-state index in [1.165, 1.54) is 22.2 Å². The molecule has 4 aromatic rings. The van der Waals surface area contributed by atoms with Crippen molar-refractivity contribution in [3.05, 3.63) is 83.7 Å². The van der Waals surface area contributed by atoms with Crippen LogP contribution >= 0.6 is 11.6 Å². The molecular weight excluding hydrogens is 630 g/mol. The Kier molecular flexibility index (Phi) is 8.01. The number of rotatable bonds is 10. The molecule has 2 aromatic heterocycles. The fourth-order valence-corrected chi connectivity index (χ4v) is 6.74. The van der Waals surface area contributed by atoms with Crippen LogP contribution in [-0.4, -0.2) is 72.0 Å². The Bertz CT molecular complexity index is 1840. The molecule has 1 saturated heterocycles. The molecule has 2 saturated carbocycles. The maximum absolute atomic E-state index is 15.0. The molecule has 13 heteroatoms. The van der Waals surface area contributed by atoms with Gasteiger partial charge in [-0.3, -0.25) is 19.8 Å². The topological polar surface area (TPSA) is 134 Å². The number of hydrogen-bond donors (Lipinski definition) is 2. The summed E-state index contributed by atoms with van der Waals surface area (Å²) in [5.41, 5.74) is 2.41. The van der Waals surface area contributed by atoms with Crippen molar-refractivity contribution in [1.82, 2.24) is 39.7 Å². The average Bonchev–Trinajstić information content (AvgIpc) is 3.96. The Morgan fingerprint density at radius 1 is 1.12 bits per heavy atom. The Hall–Kier alpha value is -4.71. The van der Waals surface area contributed by atoms with Crippen molar-refractivity contribution in [2.24, 2.45) is 5.41 Å². The SMILES string of the molecule is CN(C(=O)OC[C@H](c1ccc(Cl)c(-n2cncn2)c1)N1C(=N)N[C@](CC(C)(C)C)(c2ccc(-c3cnn(C4CC4)c3)cc2)C1=O)C1CC1. The fourth-order valence-electron chi connectivity index (χ4n) is 6.53. The van der Waals surface area contributed by atoms with Gasteiger partial charge in [-0.1, -0.05) is 62.7 Å². The van der Waals surface area contributed by atoms with Crippen molar-refractivity contribution in [3.63, 3.8) is 0 Å². The Morgan fingerprint density at radius 3 is 2.52 bits per heavy atom. The summed E-state index contributed by atoms with van der Waals surface area (Å²) in [6.07, 6.45) is 11.0. The molecule has 2 N–H and O–H groups in total. The van der Waals surface area contributed by atoms with Gasteiger partial charge < -0.3 is 15.0 Å². The zero-order valence-corrected chi connectivity index (χ0v) is 28.3. The quantitative estimate of drug-likeness (QED) is 0.209. The van der Waals surface area contributed by atoms with E-state index in [0.29, 0.717) is 28.7 Å².